The van der Waals surface area contributed by atoms with Gasteiger partial charge in [-0.15, -0.1) is 11.3 Å². The van der Waals surface area contributed by atoms with Gasteiger partial charge in [0, 0.05) is 19.7 Å². The van der Waals surface area contributed by atoms with Crippen molar-refractivity contribution in [1.29, 1.82) is 0 Å². The molecule has 0 atom stereocenters. The molecule has 0 saturated heterocycles. The molecule has 142 valence electrons. The smallest absolute Gasteiger partial charge is 0.267 e. The monoisotopic (exact) mass is 413 g/mol. The number of nitrogens with zero attached hydrogens (tertiary/aromatic N) is 3. The summed E-state index contributed by atoms with van der Waals surface area (Å²) in [5.41, 5.74) is 1.82. The van der Waals surface area contributed by atoms with Crippen LogP contribution in [0.25, 0.3) is 20.4 Å². The van der Waals surface area contributed by atoms with Crippen LogP contribution in [0, 0.1) is 6.92 Å². The highest BCUT2D eigenvalue weighted by Gasteiger charge is 2.20. The van der Waals surface area contributed by atoms with Crippen molar-refractivity contribution < 1.29 is 9.59 Å². The van der Waals surface area contributed by atoms with Crippen molar-refractivity contribution >= 4 is 65.7 Å². The van der Waals surface area contributed by atoms with E-state index in [4.69, 9.17) is 0 Å². The molecule has 0 unspecified atom stereocenters. The summed E-state index contributed by atoms with van der Waals surface area (Å²) in [6.07, 6.45) is 1.45. The number of hydrogen-bond acceptors (Lipinski definition) is 7. The molecule has 0 aliphatic heterocycles. The topological polar surface area (TPSA) is 106 Å². The molecular weight excluding hydrogens is 398 g/mol. The molecule has 0 aliphatic carbocycles. The third-order valence-corrected chi connectivity index (χ3v) is 6.28. The summed E-state index contributed by atoms with van der Waals surface area (Å²) >= 11 is 2.49. The lowest BCUT2D eigenvalue weighted by Crippen LogP contribution is -2.17. The highest BCUT2D eigenvalue weighted by molar-refractivity contribution is 7.23. The fraction of sp³-hybridized carbons (Fsp3) is 0.167. The summed E-state index contributed by atoms with van der Waals surface area (Å²) in [6, 6.07) is 5.35. The molecule has 0 spiro atoms. The van der Waals surface area contributed by atoms with Gasteiger partial charge in [0.15, 0.2) is 5.13 Å². The first-order chi connectivity index (χ1) is 13.3. The molecule has 28 heavy (non-hydrogen) atoms. The number of benzene rings is 1. The van der Waals surface area contributed by atoms with Gasteiger partial charge in [-0.2, -0.15) is 0 Å². The van der Waals surface area contributed by atoms with E-state index in [0.29, 0.717) is 31.5 Å². The number of rotatable bonds is 3. The Labute approximate surface area is 166 Å². The number of amides is 2. The van der Waals surface area contributed by atoms with Gasteiger partial charge >= 0.3 is 0 Å². The minimum Gasteiger partial charge on any atom is -0.326 e. The lowest BCUT2D eigenvalue weighted by molar-refractivity contribution is -0.114. The molecule has 2 amide bonds. The van der Waals surface area contributed by atoms with E-state index >= 15 is 0 Å². The van der Waals surface area contributed by atoms with Crippen molar-refractivity contribution in [3.8, 4) is 0 Å². The number of nitrogens with one attached hydrogen (secondary N) is 2. The van der Waals surface area contributed by atoms with E-state index in [2.05, 4.69) is 20.6 Å². The Kier molecular flexibility index (Phi) is 4.44. The average molecular weight is 413 g/mol. The van der Waals surface area contributed by atoms with Gasteiger partial charge in [0.05, 0.1) is 26.8 Å². The number of hydrogen-bond donors (Lipinski definition) is 2. The fourth-order valence-corrected chi connectivity index (χ4v) is 4.77. The van der Waals surface area contributed by atoms with Crippen LogP contribution in [0.5, 0.6) is 0 Å². The van der Waals surface area contributed by atoms with E-state index in [1.54, 1.807) is 26.1 Å². The Bertz CT molecular complexity index is 1320. The Morgan fingerprint density at radius 3 is 2.71 bits per heavy atom. The third kappa shape index (κ3) is 3.16. The second kappa shape index (κ2) is 6.80. The summed E-state index contributed by atoms with van der Waals surface area (Å²) in [6.45, 7) is 3.19. The second-order valence-electron chi connectivity index (χ2n) is 6.23. The van der Waals surface area contributed by atoms with Crippen LogP contribution in [-0.4, -0.2) is 26.3 Å². The maximum atomic E-state index is 12.8. The van der Waals surface area contributed by atoms with Gasteiger partial charge in [0.1, 0.15) is 4.83 Å². The van der Waals surface area contributed by atoms with Gasteiger partial charge in [-0.1, -0.05) is 11.3 Å². The molecular formula is C18H15N5O3S2. The normalized spacial score (nSPS) is 11.1. The number of carbonyl (C=O) groups is 2. The van der Waals surface area contributed by atoms with Crippen molar-refractivity contribution in [1.82, 2.24) is 14.5 Å². The maximum absolute atomic E-state index is 12.8. The Morgan fingerprint density at radius 2 is 1.96 bits per heavy atom. The average Bonchev–Trinajstić information content (AvgIpc) is 3.18. The number of thiophene rings is 1. The zero-order valence-electron chi connectivity index (χ0n) is 15.2. The molecule has 8 nitrogen and oxygen atoms in total. The van der Waals surface area contributed by atoms with E-state index in [1.165, 1.54) is 40.5 Å². The number of anilines is 2. The van der Waals surface area contributed by atoms with E-state index in [-0.39, 0.29) is 17.4 Å². The third-order valence-electron chi connectivity index (χ3n) is 4.15. The first-order valence-corrected chi connectivity index (χ1v) is 9.91. The largest absolute Gasteiger partial charge is 0.326 e. The van der Waals surface area contributed by atoms with Gasteiger partial charge in [0.25, 0.3) is 11.5 Å². The van der Waals surface area contributed by atoms with Crippen molar-refractivity contribution in [2.45, 2.75) is 13.8 Å². The molecule has 10 heteroatoms. The summed E-state index contributed by atoms with van der Waals surface area (Å²) in [4.78, 5) is 45.9. The molecule has 0 bridgehead atoms. The molecule has 0 saturated carbocycles. The van der Waals surface area contributed by atoms with Crippen LogP contribution < -0.4 is 16.2 Å². The Morgan fingerprint density at radius 1 is 1.18 bits per heavy atom. The Hall–Kier alpha value is -3.11. The van der Waals surface area contributed by atoms with Gasteiger partial charge in [-0.3, -0.25) is 19.7 Å². The highest BCUT2D eigenvalue weighted by Crippen LogP contribution is 2.31. The lowest BCUT2D eigenvalue weighted by Gasteiger charge is -2.00. The Balaban J connectivity index is 1.66. The minimum absolute atomic E-state index is 0.155. The summed E-state index contributed by atoms with van der Waals surface area (Å²) in [5, 5.41) is 6.42. The van der Waals surface area contributed by atoms with Crippen molar-refractivity contribution in [2.24, 2.45) is 7.05 Å². The molecule has 0 radical (unpaired) electrons. The quantitative estimate of drug-likeness (QED) is 0.537. The number of aryl methyl sites for hydroxylation is 2. The van der Waals surface area contributed by atoms with Gasteiger partial charge in [0.2, 0.25) is 5.91 Å². The molecule has 1 aromatic carbocycles. The number of carbonyl (C=O) groups excluding carboxylic acids is 2. The van der Waals surface area contributed by atoms with Crippen LogP contribution >= 0.6 is 22.7 Å². The molecule has 4 aromatic rings. The van der Waals surface area contributed by atoms with E-state index in [1.807, 2.05) is 6.07 Å². The summed E-state index contributed by atoms with van der Waals surface area (Å²) < 4.78 is 2.23. The van der Waals surface area contributed by atoms with Gasteiger partial charge < -0.3 is 9.88 Å². The minimum atomic E-state index is -0.330. The van der Waals surface area contributed by atoms with Crippen LogP contribution in [0.15, 0.2) is 29.3 Å². The van der Waals surface area contributed by atoms with Crippen LogP contribution in [0.3, 0.4) is 0 Å². The van der Waals surface area contributed by atoms with E-state index < -0.39 is 0 Å². The number of fused-ring (bicyclic) bond motifs is 2. The standard InChI is InChI=1S/C18H15N5O3S2/c1-8-13-16(19-7-23(3)17(13)26)28-14(8)15(25)22-18-21-11-5-4-10(20-9(2)24)6-12(11)27-18/h4-7H,1-3H3,(H,20,24)(H,21,22,25). The van der Waals surface area contributed by atoms with Crippen LogP contribution in [0.1, 0.15) is 22.2 Å². The first kappa shape index (κ1) is 18.3. The first-order valence-electron chi connectivity index (χ1n) is 8.27. The SMILES string of the molecule is CC(=O)Nc1ccc2nc(NC(=O)c3sc4ncn(C)c(=O)c4c3C)sc2c1. The molecule has 2 N–H and O–H groups in total. The highest BCUT2D eigenvalue weighted by atomic mass is 32.1. The van der Waals surface area contributed by atoms with E-state index in [0.717, 1.165) is 10.2 Å². The van der Waals surface area contributed by atoms with Gasteiger partial charge in [-0.05, 0) is 30.7 Å². The van der Waals surface area contributed by atoms with Gasteiger partial charge in [-0.25, -0.2) is 9.97 Å². The molecule has 3 aromatic heterocycles. The second-order valence-corrected chi connectivity index (χ2v) is 8.26. The molecule has 0 fully saturated rings. The number of thiazole rings is 1. The molecule has 4 rings (SSSR count). The zero-order chi connectivity index (χ0) is 20.0. The summed E-state index contributed by atoms with van der Waals surface area (Å²) in [7, 11) is 1.63. The van der Waals surface area contributed by atoms with Crippen molar-refractivity contribution in [2.75, 3.05) is 10.6 Å². The summed E-state index contributed by atoms with van der Waals surface area (Å²) in [5.74, 6) is -0.485. The van der Waals surface area contributed by atoms with E-state index in [9.17, 15) is 14.4 Å². The van der Waals surface area contributed by atoms with Crippen LogP contribution in [0.4, 0.5) is 10.8 Å². The zero-order valence-corrected chi connectivity index (χ0v) is 16.8. The lowest BCUT2D eigenvalue weighted by atomic mass is 10.2. The van der Waals surface area contributed by atoms with Crippen LogP contribution in [0.2, 0.25) is 0 Å². The number of aromatic nitrogens is 3. The fourth-order valence-electron chi connectivity index (χ4n) is 2.84. The van der Waals surface area contributed by atoms with Crippen LogP contribution in [-0.2, 0) is 11.8 Å². The maximum Gasteiger partial charge on any atom is 0.267 e. The molecule has 0 aliphatic rings. The van der Waals surface area contributed by atoms with Crippen molar-refractivity contribution in [3.63, 3.8) is 0 Å². The molecule has 3 heterocycles. The predicted octanol–water partition coefficient (Wildman–Crippen LogP) is 3.12. The predicted molar refractivity (Wildman–Crippen MR) is 111 cm³/mol. The van der Waals surface area contributed by atoms with Crippen molar-refractivity contribution in [3.05, 3.63) is 45.3 Å².